The van der Waals surface area contributed by atoms with Gasteiger partial charge in [0, 0.05) is 56.2 Å². The molecular weight excluding hydrogens is 576 g/mol. The van der Waals surface area contributed by atoms with Gasteiger partial charge in [-0.15, -0.1) is 10.2 Å². The lowest BCUT2D eigenvalue weighted by atomic mass is 9.97. The number of ether oxygens (including phenoxy) is 1. The molecule has 0 N–H and O–H groups in total. The van der Waals surface area contributed by atoms with Crippen LogP contribution in [-0.4, -0.2) is 61.5 Å². The van der Waals surface area contributed by atoms with Crippen LogP contribution in [0.4, 0.5) is 0 Å². The highest BCUT2D eigenvalue weighted by atomic mass is 16.5. The van der Waals surface area contributed by atoms with Crippen molar-refractivity contribution >= 4 is 17.9 Å². The number of hydrogen-bond acceptors (Lipinski definition) is 7. The Morgan fingerprint density at radius 1 is 0.848 bits per heavy atom. The lowest BCUT2D eigenvalue weighted by Gasteiger charge is -2.37. The first-order valence-electron chi connectivity index (χ1n) is 15.2. The highest BCUT2D eigenvalue weighted by Crippen LogP contribution is 2.24. The number of methoxy groups -OCH3 is 1. The van der Waals surface area contributed by atoms with E-state index in [1.807, 2.05) is 71.6 Å². The van der Waals surface area contributed by atoms with Crippen molar-refractivity contribution in [2.45, 2.75) is 32.0 Å². The van der Waals surface area contributed by atoms with E-state index >= 15 is 0 Å². The van der Waals surface area contributed by atoms with Crippen LogP contribution in [0, 0.1) is 0 Å². The zero-order valence-corrected chi connectivity index (χ0v) is 25.6. The molecule has 2 aromatic heterocycles. The van der Waals surface area contributed by atoms with Gasteiger partial charge in [0.15, 0.2) is 5.82 Å². The largest absolute Gasteiger partial charge is 0.480 e. The molecule has 0 saturated carbocycles. The molecule has 230 valence electrons. The standard InChI is InChI=1S/C37H34N6O3/c1-46-34-18-16-32(40-41-34)17-19-35(44)43(25-28-12-14-30(15-13-28)36-38-21-7-22-39-36)33(24-27-8-3-2-4-9-27)37(45)42-23-20-29-10-5-6-11-31(29)26-42/h2-19,21-22,33H,20,23-26H2,1H3. The minimum absolute atomic E-state index is 0.0846. The Balaban J connectivity index is 1.34. The zero-order chi connectivity index (χ0) is 31.7. The predicted molar refractivity (Wildman–Crippen MR) is 175 cm³/mol. The maximum Gasteiger partial charge on any atom is 0.247 e. The number of carbonyl (C=O) groups is 2. The highest BCUT2D eigenvalue weighted by molar-refractivity contribution is 5.95. The molecule has 0 saturated heterocycles. The van der Waals surface area contributed by atoms with Gasteiger partial charge in [0.25, 0.3) is 0 Å². The van der Waals surface area contributed by atoms with Gasteiger partial charge in [0.2, 0.25) is 17.7 Å². The Morgan fingerprint density at radius 2 is 1.59 bits per heavy atom. The first kappa shape index (κ1) is 30.3. The van der Waals surface area contributed by atoms with Gasteiger partial charge in [-0.3, -0.25) is 9.59 Å². The monoisotopic (exact) mass is 610 g/mol. The molecule has 0 aliphatic carbocycles. The predicted octanol–water partition coefficient (Wildman–Crippen LogP) is 5.18. The van der Waals surface area contributed by atoms with E-state index in [9.17, 15) is 9.59 Å². The summed E-state index contributed by atoms with van der Waals surface area (Å²) in [6.07, 6.45) is 7.62. The molecular formula is C37H34N6O3. The summed E-state index contributed by atoms with van der Waals surface area (Å²) in [5.41, 5.74) is 5.60. The minimum atomic E-state index is -0.746. The molecule has 46 heavy (non-hydrogen) atoms. The molecule has 2 amide bonds. The number of fused-ring (bicyclic) bond motifs is 1. The van der Waals surface area contributed by atoms with Crippen LogP contribution in [0.15, 0.2) is 116 Å². The second-order valence-electron chi connectivity index (χ2n) is 11.1. The van der Waals surface area contributed by atoms with Gasteiger partial charge in [-0.25, -0.2) is 9.97 Å². The number of benzene rings is 3. The smallest absolute Gasteiger partial charge is 0.247 e. The number of carbonyl (C=O) groups excluding carboxylic acids is 2. The van der Waals surface area contributed by atoms with Gasteiger partial charge in [0.1, 0.15) is 6.04 Å². The normalized spacial score (nSPS) is 13.2. The molecule has 3 aromatic carbocycles. The lowest BCUT2D eigenvalue weighted by Crippen LogP contribution is -2.52. The summed E-state index contributed by atoms with van der Waals surface area (Å²) in [6.45, 7) is 1.32. The van der Waals surface area contributed by atoms with Crippen molar-refractivity contribution in [3.63, 3.8) is 0 Å². The van der Waals surface area contributed by atoms with Crippen molar-refractivity contribution in [2.75, 3.05) is 13.7 Å². The average molecular weight is 611 g/mol. The third-order valence-electron chi connectivity index (χ3n) is 8.06. The molecule has 6 rings (SSSR count). The number of nitrogens with zero attached hydrogens (tertiary/aromatic N) is 6. The summed E-state index contributed by atoms with van der Waals surface area (Å²) in [7, 11) is 1.52. The maximum absolute atomic E-state index is 14.5. The van der Waals surface area contributed by atoms with Crippen LogP contribution in [0.1, 0.15) is 27.9 Å². The van der Waals surface area contributed by atoms with Crippen molar-refractivity contribution in [1.82, 2.24) is 30.0 Å². The number of rotatable bonds is 10. The van der Waals surface area contributed by atoms with Crippen molar-refractivity contribution in [1.29, 1.82) is 0 Å². The first-order chi connectivity index (χ1) is 22.6. The third-order valence-corrected chi connectivity index (χ3v) is 8.06. The van der Waals surface area contributed by atoms with Gasteiger partial charge in [-0.1, -0.05) is 78.9 Å². The number of amides is 2. The van der Waals surface area contributed by atoms with Crippen molar-refractivity contribution in [3.8, 4) is 17.3 Å². The minimum Gasteiger partial charge on any atom is -0.480 e. The number of aromatic nitrogens is 4. The zero-order valence-electron chi connectivity index (χ0n) is 25.6. The summed E-state index contributed by atoms with van der Waals surface area (Å²) >= 11 is 0. The van der Waals surface area contributed by atoms with E-state index in [1.165, 1.54) is 18.7 Å². The van der Waals surface area contributed by atoms with Gasteiger partial charge >= 0.3 is 0 Å². The fraction of sp³-hybridized carbons (Fsp3) is 0.189. The molecule has 0 radical (unpaired) electrons. The highest BCUT2D eigenvalue weighted by Gasteiger charge is 2.34. The van der Waals surface area contributed by atoms with Crippen LogP contribution in [0.2, 0.25) is 0 Å². The Kier molecular flexibility index (Phi) is 9.49. The topological polar surface area (TPSA) is 101 Å². The molecule has 9 heteroatoms. The summed E-state index contributed by atoms with van der Waals surface area (Å²) in [4.78, 5) is 40.8. The molecule has 3 heterocycles. The molecule has 9 nitrogen and oxygen atoms in total. The van der Waals surface area contributed by atoms with Gasteiger partial charge < -0.3 is 14.5 Å². The Labute approximate surface area is 268 Å². The van der Waals surface area contributed by atoms with Crippen LogP contribution in [-0.2, 0) is 35.5 Å². The Hall–Kier alpha value is -5.70. The van der Waals surface area contributed by atoms with Crippen LogP contribution in [0.3, 0.4) is 0 Å². The first-order valence-corrected chi connectivity index (χ1v) is 15.2. The second-order valence-corrected chi connectivity index (χ2v) is 11.1. The van der Waals surface area contributed by atoms with E-state index in [0.717, 1.165) is 28.7 Å². The molecule has 5 aromatic rings. The van der Waals surface area contributed by atoms with E-state index in [1.54, 1.807) is 41.6 Å². The van der Waals surface area contributed by atoms with Crippen molar-refractivity contribution in [2.24, 2.45) is 0 Å². The van der Waals surface area contributed by atoms with Gasteiger partial charge in [0.05, 0.1) is 12.8 Å². The van der Waals surface area contributed by atoms with Crippen LogP contribution in [0.25, 0.3) is 17.5 Å². The molecule has 0 spiro atoms. The number of hydrogen-bond donors (Lipinski definition) is 0. The molecule has 1 aliphatic heterocycles. The van der Waals surface area contributed by atoms with Gasteiger partial charge in [-0.2, -0.15) is 0 Å². The maximum atomic E-state index is 14.5. The van der Waals surface area contributed by atoms with Crippen LogP contribution >= 0.6 is 0 Å². The summed E-state index contributed by atoms with van der Waals surface area (Å²) in [5.74, 6) is 0.609. The van der Waals surface area contributed by atoms with E-state index in [0.29, 0.717) is 36.9 Å². The fourth-order valence-corrected chi connectivity index (χ4v) is 5.59. The third kappa shape index (κ3) is 7.32. The van der Waals surface area contributed by atoms with E-state index < -0.39 is 6.04 Å². The van der Waals surface area contributed by atoms with E-state index in [-0.39, 0.29) is 18.4 Å². The molecule has 1 atom stereocenters. The molecule has 1 unspecified atom stereocenters. The van der Waals surface area contributed by atoms with Crippen molar-refractivity contribution < 1.29 is 14.3 Å². The van der Waals surface area contributed by atoms with Crippen LogP contribution < -0.4 is 4.74 Å². The molecule has 1 aliphatic rings. The van der Waals surface area contributed by atoms with E-state index in [4.69, 9.17) is 4.74 Å². The lowest BCUT2D eigenvalue weighted by molar-refractivity contribution is -0.144. The quantitative estimate of drug-likeness (QED) is 0.201. The molecule has 0 bridgehead atoms. The average Bonchev–Trinajstić information content (AvgIpc) is 3.13. The summed E-state index contributed by atoms with van der Waals surface area (Å²) in [5, 5.41) is 8.13. The second kappa shape index (κ2) is 14.4. The van der Waals surface area contributed by atoms with Gasteiger partial charge in [-0.05, 0) is 46.9 Å². The summed E-state index contributed by atoms with van der Waals surface area (Å²) < 4.78 is 5.11. The van der Waals surface area contributed by atoms with E-state index in [2.05, 4.69) is 32.3 Å². The SMILES string of the molecule is COc1ccc(C=CC(=O)N(Cc2ccc(-c3ncccn3)cc2)C(Cc2ccccc2)C(=O)N2CCc3ccccc3C2)nn1. The van der Waals surface area contributed by atoms with Crippen molar-refractivity contribution in [3.05, 3.63) is 143 Å². The summed E-state index contributed by atoms with van der Waals surface area (Å²) in [6, 6.07) is 30.3. The molecule has 0 fully saturated rings. The fourth-order valence-electron chi connectivity index (χ4n) is 5.59. The Morgan fingerprint density at radius 3 is 2.30 bits per heavy atom. The van der Waals surface area contributed by atoms with Crippen LogP contribution in [0.5, 0.6) is 5.88 Å². The Bertz CT molecular complexity index is 1800.